The van der Waals surface area contributed by atoms with Crippen LogP contribution in [0, 0.1) is 0 Å². The molecule has 1 rings (SSSR count). The molecule has 1 amide bonds. The Balaban J connectivity index is 2.60. The van der Waals surface area contributed by atoms with Crippen molar-refractivity contribution in [2.45, 2.75) is 46.3 Å². The number of aliphatic hydroxyl groups is 1. The molecule has 1 atom stereocenters. The Labute approximate surface area is 121 Å². The largest absolute Gasteiger partial charge is 0.392 e. The number of benzene rings is 1. The standard InChI is InChI=1S/C16H26N2O2/c1-5-14-7-6-8-15(9-14)17-16(20)11-18(12(2)3)10-13(4)19/h6-9,12-13,19H,5,10-11H2,1-4H3,(H,17,20). The summed E-state index contributed by atoms with van der Waals surface area (Å²) in [6, 6.07) is 8.10. The number of carbonyl (C=O) groups is 1. The zero-order valence-electron chi connectivity index (χ0n) is 12.9. The van der Waals surface area contributed by atoms with Crippen LogP contribution < -0.4 is 5.32 Å². The Morgan fingerprint density at radius 3 is 2.60 bits per heavy atom. The van der Waals surface area contributed by atoms with Gasteiger partial charge in [-0.25, -0.2) is 0 Å². The third-order valence-corrected chi connectivity index (χ3v) is 3.19. The second kappa shape index (κ2) is 8.02. The van der Waals surface area contributed by atoms with E-state index < -0.39 is 6.10 Å². The molecule has 0 aliphatic heterocycles. The fourth-order valence-electron chi connectivity index (χ4n) is 2.05. The molecular formula is C16H26N2O2. The number of nitrogens with one attached hydrogen (secondary N) is 1. The number of rotatable bonds is 7. The Kier molecular flexibility index (Phi) is 6.68. The van der Waals surface area contributed by atoms with Crippen molar-refractivity contribution in [3.8, 4) is 0 Å². The van der Waals surface area contributed by atoms with Gasteiger partial charge in [0.15, 0.2) is 0 Å². The number of aliphatic hydroxyl groups excluding tert-OH is 1. The summed E-state index contributed by atoms with van der Waals surface area (Å²) in [5.41, 5.74) is 2.03. The number of anilines is 1. The monoisotopic (exact) mass is 278 g/mol. The fourth-order valence-corrected chi connectivity index (χ4v) is 2.05. The Hall–Kier alpha value is -1.39. The van der Waals surface area contributed by atoms with Gasteiger partial charge in [0, 0.05) is 18.3 Å². The van der Waals surface area contributed by atoms with Gasteiger partial charge < -0.3 is 10.4 Å². The van der Waals surface area contributed by atoms with Crippen LogP contribution in [0.3, 0.4) is 0 Å². The van der Waals surface area contributed by atoms with Crippen LogP contribution in [0.2, 0.25) is 0 Å². The van der Waals surface area contributed by atoms with Crippen LogP contribution >= 0.6 is 0 Å². The molecule has 0 radical (unpaired) electrons. The van der Waals surface area contributed by atoms with Crippen LogP contribution in [0.4, 0.5) is 5.69 Å². The van der Waals surface area contributed by atoms with E-state index in [0.717, 1.165) is 12.1 Å². The predicted molar refractivity (Wildman–Crippen MR) is 82.8 cm³/mol. The first kappa shape index (κ1) is 16.7. The SMILES string of the molecule is CCc1cccc(NC(=O)CN(CC(C)O)C(C)C)c1. The van der Waals surface area contributed by atoms with Crippen LogP contribution in [0.15, 0.2) is 24.3 Å². The van der Waals surface area contributed by atoms with Crippen molar-refractivity contribution in [3.05, 3.63) is 29.8 Å². The maximum atomic E-state index is 12.1. The number of aryl methyl sites for hydroxylation is 1. The lowest BCUT2D eigenvalue weighted by molar-refractivity contribution is -0.118. The minimum Gasteiger partial charge on any atom is -0.392 e. The molecule has 112 valence electrons. The van der Waals surface area contributed by atoms with Crippen molar-refractivity contribution in [1.29, 1.82) is 0 Å². The molecular weight excluding hydrogens is 252 g/mol. The van der Waals surface area contributed by atoms with E-state index in [2.05, 4.69) is 12.2 Å². The van der Waals surface area contributed by atoms with E-state index in [0.29, 0.717) is 13.1 Å². The summed E-state index contributed by atoms with van der Waals surface area (Å²) in [6.45, 7) is 8.65. The zero-order valence-corrected chi connectivity index (χ0v) is 12.9. The molecule has 1 unspecified atom stereocenters. The van der Waals surface area contributed by atoms with Crippen molar-refractivity contribution in [2.75, 3.05) is 18.4 Å². The number of nitrogens with zero attached hydrogens (tertiary/aromatic N) is 1. The molecule has 0 spiro atoms. The quantitative estimate of drug-likeness (QED) is 0.804. The average Bonchev–Trinajstić information content (AvgIpc) is 2.37. The van der Waals surface area contributed by atoms with Crippen molar-refractivity contribution in [3.63, 3.8) is 0 Å². The lowest BCUT2D eigenvalue weighted by Gasteiger charge is -2.26. The van der Waals surface area contributed by atoms with E-state index >= 15 is 0 Å². The predicted octanol–water partition coefficient (Wildman–Crippen LogP) is 2.28. The molecule has 4 heteroatoms. The average molecular weight is 278 g/mol. The zero-order chi connectivity index (χ0) is 15.1. The van der Waals surface area contributed by atoms with E-state index in [1.807, 2.05) is 43.0 Å². The van der Waals surface area contributed by atoms with Crippen molar-refractivity contribution in [1.82, 2.24) is 4.90 Å². The highest BCUT2D eigenvalue weighted by Gasteiger charge is 2.16. The number of hydrogen-bond acceptors (Lipinski definition) is 3. The molecule has 0 saturated heterocycles. The van der Waals surface area contributed by atoms with E-state index in [9.17, 15) is 9.90 Å². The third-order valence-electron chi connectivity index (χ3n) is 3.19. The molecule has 0 fully saturated rings. The maximum Gasteiger partial charge on any atom is 0.238 e. The molecule has 2 N–H and O–H groups in total. The Morgan fingerprint density at radius 1 is 1.35 bits per heavy atom. The van der Waals surface area contributed by atoms with E-state index in [1.54, 1.807) is 6.92 Å². The summed E-state index contributed by atoms with van der Waals surface area (Å²) < 4.78 is 0. The van der Waals surface area contributed by atoms with Gasteiger partial charge in [-0.05, 0) is 44.9 Å². The van der Waals surface area contributed by atoms with Crippen LogP contribution in [-0.2, 0) is 11.2 Å². The summed E-state index contributed by atoms with van der Waals surface area (Å²) in [5.74, 6) is -0.0485. The molecule has 4 nitrogen and oxygen atoms in total. The van der Waals surface area contributed by atoms with Gasteiger partial charge in [-0.1, -0.05) is 19.1 Å². The summed E-state index contributed by atoms with van der Waals surface area (Å²) in [7, 11) is 0. The van der Waals surface area contributed by atoms with Crippen LogP contribution in [0.1, 0.15) is 33.3 Å². The molecule has 0 saturated carbocycles. The minimum absolute atomic E-state index is 0.0485. The number of carbonyl (C=O) groups excluding carboxylic acids is 1. The highest BCUT2D eigenvalue weighted by Crippen LogP contribution is 2.11. The van der Waals surface area contributed by atoms with Crippen molar-refractivity contribution >= 4 is 11.6 Å². The number of hydrogen-bond donors (Lipinski definition) is 2. The molecule has 0 bridgehead atoms. The maximum absolute atomic E-state index is 12.1. The fraction of sp³-hybridized carbons (Fsp3) is 0.562. The molecule has 0 heterocycles. The van der Waals surface area contributed by atoms with E-state index in [1.165, 1.54) is 5.56 Å². The molecule has 0 aromatic heterocycles. The van der Waals surface area contributed by atoms with E-state index in [-0.39, 0.29) is 11.9 Å². The second-order valence-corrected chi connectivity index (χ2v) is 5.47. The highest BCUT2D eigenvalue weighted by atomic mass is 16.3. The first-order valence-electron chi connectivity index (χ1n) is 7.23. The summed E-state index contributed by atoms with van der Waals surface area (Å²) in [5, 5.41) is 12.4. The molecule has 0 aliphatic rings. The summed E-state index contributed by atoms with van der Waals surface area (Å²) in [4.78, 5) is 14.0. The third kappa shape index (κ3) is 5.72. The summed E-state index contributed by atoms with van der Waals surface area (Å²) >= 11 is 0. The van der Waals surface area contributed by atoms with Crippen LogP contribution in [0.5, 0.6) is 0 Å². The summed E-state index contributed by atoms with van der Waals surface area (Å²) in [6.07, 6.45) is 0.512. The smallest absolute Gasteiger partial charge is 0.238 e. The minimum atomic E-state index is -0.436. The Morgan fingerprint density at radius 2 is 2.05 bits per heavy atom. The van der Waals surface area contributed by atoms with Crippen molar-refractivity contribution in [2.24, 2.45) is 0 Å². The van der Waals surface area contributed by atoms with Gasteiger partial charge in [-0.2, -0.15) is 0 Å². The van der Waals surface area contributed by atoms with E-state index in [4.69, 9.17) is 0 Å². The van der Waals surface area contributed by atoms with Gasteiger partial charge in [-0.15, -0.1) is 0 Å². The highest BCUT2D eigenvalue weighted by molar-refractivity contribution is 5.92. The van der Waals surface area contributed by atoms with Crippen molar-refractivity contribution < 1.29 is 9.90 Å². The molecule has 20 heavy (non-hydrogen) atoms. The topological polar surface area (TPSA) is 52.6 Å². The lowest BCUT2D eigenvalue weighted by atomic mass is 10.1. The van der Waals surface area contributed by atoms with Crippen LogP contribution in [0.25, 0.3) is 0 Å². The molecule has 0 aliphatic carbocycles. The Bertz CT molecular complexity index is 430. The van der Waals surface area contributed by atoms with Gasteiger partial charge in [0.2, 0.25) is 5.91 Å². The van der Waals surface area contributed by atoms with Gasteiger partial charge in [-0.3, -0.25) is 9.69 Å². The van der Waals surface area contributed by atoms with Gasteiger partial charge in [0.1, 0.15) is 0 Å². The van der Waals surface area contributed by atoms with Gasteiger partial charge in [0.05, 0.1) is 12.6 Å². The first-order valence-corrected chi connectivity index (χ1v) is 7.23. The van der Waals surface area contributed by atoms with Gasteiger partial charge >= 0.3 is 0 Å². The lowest BCUT2D eigenvalue weighted by Crippen LogP contribution is -2.41. The molecule has 1 aromatic carbocycles. The first-order chi connectivity index (χ1) is 9.42. The number of amides is 1. The second-order valence-electron chi connectivity index (χ2n) is 5.47. The van der Waals surface area contributed by atoms with Gasteiger partial charge in [0.25, 0.3) is 0 Å². The molecule has 1 aromatic rings. The normalized spacial score (nSPS) is 12.8. The van der Waals surface area contributed by atoms with Crippen LogP contribution in [-0.4, -0.2) is 41.1 Å².